The second kappa shape index (κ2) is 7.52. The van der Waals surface area contributed by atoms with Crippen LogP contribution in [0.15, 0.2) is 22.7 Å². The van der Waals surface area contributed by atoms with Crippen LogP contribution in [0.5, 0.6) is 5.88 Å². The summed E-state index contributed by atoms with van der Waals surface area (Å²) in [4.78, 5) is 24.2. The summed E-state index contributed by atoms with van der Waals surface area (Å²) in [6.07, 6.45) is 2.38. The number of furan rings is 1. The van der Waals surface area contributed by atoms with E-state index in [1.807, 2.05) is 6.92 Å². The molecule has 3 heterocycles. The van der Waals surface area contributed by atoms with E-state index in [2.05, 4.69) is 19.8 Å². The maximum absolute atomic E-state index is 11.1. The molecule has 1 aliphatic heterocycles. The van der Waals surface area contributed by atoms with Crippen LogP contribution in [0.25, 0.3) is 0 Å². The highest BCUT2D eigenvalue weighted by Gasteiger charge is 2.22. The lowest BCUT2D eigenvalue weighted by Gasteiger charge is -2.34. The average Bonchev–Trinajstić information content (AvgIpc) is 3.05. The van der Waals surface area contributed by atoms with E-state index in [1.165, 1.54) is 0 Å². The van der Waals surface area contributed by atoms with Gasteiger partial charge in [0, 0.05) is 57.0 Å². The molecule has 2 aromatic heterocycles. The molecule has 3 rings (SSSR count). The molecule has 25 heavy (non-hydrogen) atoms. The summed E-state index contributed by atoms with van der Waals surface area (Å²) in [6.45, 7) is 5.95. The van der Waals surface area contributed by atoms with Crippen LogP contribution in [0.1, 0.15) is 28.8 Å². The van der Waals surface area contributed by atoms with Gasteiger partial charge in [0.15, 0.2) is 0 Å². The van der Waals surface area contributed by atoms with Gasteiger partial charge in [-0.3, -0.25) is 4.90 Å². The fourth-order valence-electron chi connectivity index (χ4n) is 2.95. The number of carboxylic acids is 1. The number of hydrogen-bond donors (Lipinski definition) is 1. The van der Waals surface area contributed by atoms with Gasteiger partial charge in [0.1, 0.15) is 5.76 Å². The van der Waals surface area contributed by atoms with Crippen LogP contribution in [-0.4, -0.2) is 59.2 Å². The molecule has 8 heteroatoms. The molecule has 0 saturated carbocycles. The van der Waals surface area contributed by atoms with Gasteiger partial charge in [-0.25, -0.2) is 9.78 Å². The molecular formula is C17H22N4O4. The van der Waals surface area contributed by atoms with Gasteiger partial charge in [0.05, 0.1) is 7.11 Å². The molecule has 0 atom stereocenters. The molecular weight excluding hydrogens is 324 g/mol. The fraction of sp³-hybridized carbons (Fsp3) is 0.471. The molecule has 0 aliphatic carbocycles. The third-order valence-corrected chi connectivity index (χ3v) is 4.30. The molecule has 0 spiro atoms. The van der Waals surface area contributed by atoms with E-state index in [-0.39, 0.29) is 5.76 Å². The minimum Gasteiger partial charge on any atom is -0.481 e. The number of carboxylic acid groups (broad SMARTS) is 1. The van der Waals surface area contributed by atoms with Gasteiger partial charge >= 0.3 is 5.97 Å². The second-order valence-electron chi connectivity index (χ2n) is 5.88. The number of carbonyl (C=O) groups is 1. The number of ether oxygens (including phenoxy) is 1. The van der Waals surface area contributed by atoms with Crippen molar-refractivity contribution in [2.75, 3.05) is 38.2 Å². The van der Waals surface area contributed by atoms with Crippen LogP contribution in [0.3, 0.4) is 0 Å². The summed E-state index contributed by atoms with van der Waals surface area (Å²) in [7, 11) is 1.59. The highest BCUT2D eigenvalue weighted by atomic mass is 16.5. The first kappa shape index (κ1) is 17.2. The van der Waals surface area contributed by atoms with Crippen molar-refractivity contribution in [3.8, 4) is 5.88 Å². The minimum atomic E-state index is -1.03. The normalized spacial score (nSPS) is 15.4. The van der Waals surface area contributed by atoms with Crippen LogP contribution >= 0.6 is 0 Å². The summed E-state index contributed by atoms with van der Waals surface area (Å²) in [5.74, 6) is 0.955. The summed E-state index contributed by atoms with van der Waals surface area (Å²) in [6, 6.07) is 3.36. The first-order valence-corrected chi connectivity index (χ1v) is 8.30. The number of piperazine rings is 1. The standard InChI is InChI=1S/C17H22N4O4/c1-3-13-12(10-14(25-13)16(22)23)11-20-6-8-21(9-7-20)17-18-5-4-15(19-17)24-2/h4-5,10H,3,6-9,11H2,1-2H3,(H,22,23). The van der Waals surface area contributed by atoms with E-state index in [1.54, 1.807) is 25.4 Å². The average molecular weight is 346 g/mol. The summed E-state index contributed by atoms with van der Waals surface area (Å²) < 4.78 is 10.6. The summed E-state index contributed by atoms with van der Waals surface area (Å²) in [5.41, 5.74) is 0.950. The molecule has 2 aromatic rings. The zero-order valence-corrected chi connectivity index (χ0v) is 14.4. The predicted molar refractivity (Wildman–Crippen MR) is 91.1 cm³/mol. The molecule has 0 bridgehead atoms. The third-order valence-electron chi connectivity index (χ3n) is 4.30. The quantitative estimate of drug-likeness (QED) is 0.844. The molecule has 1 N–H and O–H groups in total. The predicted octanol–water partition coefficient (Wildman–Crippen LogP) is 1.66. The second-order valence-corrected chi connectivity index (χ2v) is 5.88. The smallest absolute Gasteiger partial charge is 0.371 e. The number of aromatic nitrogens is 2. The fourth-order valence-corrected chi connectivity index (χ4v) is 2.95. The minimum absolute atomic E-state index is 0.00951. The number of nitrogens with zero attached hydrogens (tertiary/aromatic N) is 4. The Morgan fingerprint density at radius 1 is 1.36 bits per heavy atom. The number of methoxy groups -OCH3 is 1. The zero-order chi connectivity index (χ0) is 17.8. The van der Waals surface area contributed by atoms with E-state index in [9.17, 15) is 4.79 Å². The molecule has 0 radical (unpaired) electrons. The van der Waals surface area contributed by atoms with Gasteiger partial charge in [0.25, 0.3) is 0 Å². The van der Waals surface area contributed by atoms with Crippen molar-refractivity contribution in [3.63, 3.8) is 0 Å². The van der Waals surface area contributed by atoms with Gasteiger partial charge in [-0.2, -0.15) is 4.98 Å². The van der Waals surface area contributed by atoms with E-state index in [4.69, 9.17) is 14.3 Å². The van der Waals surface area contributed by atoms with Crippen LogP contribution < -0.4 is 9.64 Å². The van der Waals surface area contributed by atoms with Crippen molar-refractivity contribution in [1.29, 1.82) is 0 Å². The van der Waals surface area contributed by atoms with Crippen LogP contribution in [-0.2, 0) is 13.0 Å². The molecule has 1 fully saturated rings. The van der Waals surface area contributed by atoms with Crippen molar-refractivity contribution in [2.45, 2.75) is 19.9 Å². The summed E-state index contributed by atoms with van der Waals surface area (Å²) in [5, 5.41) is 9.09. The van der Waals surface area contributed by atoms with E-state index >= 15 is 0 Å². The van der Waals surface area contributed by atoms with Crippen molar-refractivity contribution < 1.29 is 19.1 Å². The topological polar surface area (TPSA) is 91.9 Å². The molecule has 8 nitrogen and oxygen atoms in total. The van der Waals surface area contributed by atoms with Crippen molar-refractivity contribution in [3.05, 3.63) is 35.4 Å². The van der Waals surface area contributed by atoms with Crippen LogP contribution in [0, 0.1) is 0 Å². The Balaban J connectivity index is 1.62. The summed E-state index contributed by atoms with van der Waals surface area (Å²) >= 11 is 0. The van der Waals surface area contributed by atoms with Gasteiger partial charge in [-0.1, -0.05) is 6.92 Å². The third kappa shape index (κ3) is 3.90. The van der Waals surface area contributed by atoms with Crippen LogP contribution in [0.4, 0.5) is 5.95 Å². The molecule has 134 valence electrons. The van der Waals surface area contributed by atoms with Gasteiger partial charge in [-0.15, -0.1) is 0 Å². The number of anilines is 1. The Labute approximate surface area is 146 Å². The lowest BCUT2D eigenvalue weighted by Crippen LogP contribution is -2.46. The Morgan fingerprint density at radius 2 is 2.12 bits per heavy atom. The van der Waals surface area contributed by atoms with E-state index in [0.29, 0.717) is 24.8 Å². The Morgan fingerprint density at radius 3 is 2.76 bits per heavy atom. The van der Waals surface area contributed by atoms with Crippen molar-refractivity contribution in [1.82, 2.24) is 14.9 Å². The van der Waals surface area contributed by atoms with E-state index in [0.717, 1.165) is 37.5 Å². The molecule has 1 aliphatic rings. The van der Waals surface area contributed by atoms with E-state index < -0.39 is 5.97 Å². The lowest BCUT2D eigenvalue weighted by molar-refractivity contribution is 0.0660. The lowest BCUT2D eigenvalue weighted by atomic mass is 10.1. The van der Waals surface area contributed by atoms with Crippen molar-refractivity contribution >= 4 is 11.9 Å². The van der Waals surface area contributed by atoms with Gasteiger partial charge in [-0.05, 0) is 6.07 Å². The number of hydrogen-bond acceptors (Lipinski definition) is 7. The van der Waals surface area contributed by atoms with Gasteiger partial charge < -0.3 is 19.2 Å². The number of aryl methyl sites for hydroxylation is 1. The SMILES string of the molecule is CCc1oc(C(=O)O)cc1CN1CCN(c2nccc(OC)n2)CC1. The molecule has 0 unspecified atom stereocenters. The molecule has 0 aromatic carbocycles. The Hall–Kier alpha value is -2.61. The Kier molecular flexibility index (Phi) is 5.18. The largest absolute Gasteiger partial charge is 0.481 e. The first-order valence-electron chi connectivity index (χ1n) is 8.30. The highest BCUT2D eigenvalue weighted by molar-refractivity contribution is 5.84. The van der Waals surface area contributed by atoms with Gasteiger partial charge in [0.2, 0.25) is 17.6 Å². The number of aromatic carboxylic acids is 1. The van der Waals surface area contributed by atoms with Crippen molar-refractivity contribution in [2.24, 2.45) is 0 Å². The highest BCUT2D eigenvalue weighted by Crippen LogP contribution is 2.20. The monoisotopic (exact) mass is 346 g/mol. The maximum atomic E-state index is 11.1. The number of rotatable bonds is 6. The first-order chi connectivity index (χ1) is 12.1. The molecule has 0 amide bonds. The maximum Gasteiger partial charge on any atom is 0.371 e. The Bertz CT molecular complexity index is 738. The zero-order valence-electron chi connectivity index (χ0n) is 14.4. The molecule has 1 saturated heterocycles. The van der Waals surface area contributed by atoms with Crippen LogP contribution in [0.2, 0.25) is 0 Å².